The van der Waals surface area contributed by atoms with Crippen LogP contribution in [-0.4, -0.2) is 35.8 Å². The Morgan fingerprint density at radius 2 is 2.00 bits per heavy atom. The van der Waals surface area contributed by atoms with Crippen molar-refractivity contribution in [3.8, 4) is 0 Å². The summed E-state index contributed by atoms with van der Waals surface area (Å²) >= 11 is 0. The zero-order chi connectivity index (χ0) is 14.5. The number of carbonyl (C=O) groups is 2. The minimum atomic E-state index is -0.517. The molecule has 0 radical (unpaired) electrons. The Morgan fingerprint density at radius 3 is 2.70 bits per heavy atom. The molecular formula is C15H21N3O2. The normalized spacial score (nSPS) is 18.9. The van der Waals surface area contributed by atoms with Crippen LogP contribution in [0.3, 0.4) is 0 Å². The molecule has 0 spiro atoms. The summed E-state index contributed by atoms with van der Waals surface area (Å²) in [5.41, 5.74) is 11.8. The number of amides is 2. The number of hydrogen-bond acceptors (Lipinski definition) is 3. The van der Waals surface area contributed by atoms with Crippen molar-refractivity contribution in [1.29, 1.82) is 0 Å². The zero-order valence-corrected chi connectivity index (χ0v) is 11.5. The lowest BCUT2D eigenvalue weighted by Crippen LogP contribution is -2.44. The molecule has 1 atom stereocenters. The minimum absolute atomic E-state index is 0.0359. The number of rotatable bonds is 4. The van der Waals surface area contributed by atoms with Crippen LogP contribution in [0.25, 0.3) is 0 Å². The van der Waals surface area contributed by atoms with E-state index in [4.69, 9.17) is 11.5 Å². The van der Waals surface area contributed by atoms with Gasteiger partial charge in [-0.05, 0) is 50.4 Å². The molecule has 4 N–H and O–H groups in total. The number of piperidine rings is 1. The van der Waals surface area contributed by atoms with Crippen molar-refractivity contribution < 1.29 is 9.59 Å². The smallest absolute Gasteiger partial charge is 0.254 e. The quantitative estimate of drug-likeness (QED) is 0.863. The topological polar surface area (TPSA) is 89.4 Å². The Morgan fingerprint density at radius 1 is 1.25 bits per heavy atom. The van der Waals surface area contributed by atoms with Gasteiger partial charge in [0.2, 0.25) is 5.91 Å². The van der Waals surface area contributed by atoms with Gasteiger partial charge in [-0.1, -0.05) is 6.07 Å². The summed E-state index contributed by atoms with van der Waals surface area (Å²) in [6.07, 6.45) is 3.97. The molecule has 1 fully saturated rings. The summed E-state index contributed by atoms with van der Waals surface area (Å²) in [7, 11) is 0. The molecule has 1 unspecified atom stereocenters. The monoisotopic (exact) mass is 275 g/mol. The standard InChI is InChI=1S/C15H21N3O2/c16-8-7-13-6-1-2-9-18(13)15(20)12-5-3-4-11(10-12)14(17)19/h3-5,10,13H,1-2,6-9,16H2,(H2,17,19). The van der Waals surface area contributed by atoms with E-state index >= 15 is 0 Å². The van der Waals surface area contributed by atoms with Gasteiger partial charge in [0.25, 0.3) is 5.91 Å². The van der Waals surface area contributed by atoms with Crippen molar-refractivity contribution in [2.24, 2.45) is 11.5 Å². The van der Waals surface area contributed by atoms with Crippen LogP contribution in [0.4, 0.5) is 0 Å². The lowest BCUT2D eigenvalue weighted by Gasteiger charge is -2.35. The summed E-state index contributed by atoms with van der Waals surface area (Å²) in [5, 5.41) is 0. The van der Waals surface area contributed by atoms with Crippen molar-refractivity contribution in [2.75, 3.05) is 13.1 Å². The van der Waals surface area contributed by atoms with Crippen LogP contribution in [0.1, 0.15) is 46.4 Å². The van der Waals surface area contributed by atoms with Gasteiger partial charge in [0.05, 0.1) is 0 Å². The Bertz CT molecular complexity index is 500. The molecule has 1 aliphatic rings. The maximum atomic E-state index is 12.6. The number of benzene rings is 1. The van der Waals surface area contributed by atoms with Gasteiger partial charge in [-0.3, -0.25) is 9.59 Å². The highest BCUT2D eigenvalue weighted by atomic mass is 16.2. The van der Waals surface area contributed by atoms with Crippen molar-refractivity contribution in [2.45, 2.75) is 31.7 Å². The van der Waals surface area contributed by atoms with E-state index in [0.717, 1.165) is 32.2 Å². The first-order chi connectivity index (χ1) is 9.63. The van der Waals surface area contributed by atoms with E-state index in [0.29, 0.717) is 17.7 Å². The zero-order valence-electron chi connectivity index (χ0n) is 11.5. The fraction of sp³-hybridized carbons (Fsp3) is 0.467. The molecule has 108 valence electrons. The predicted octanol–water partition coefficient (Wildman–Crippen LogP) is 1.13. The average molecular weight is 275 g/mol. The highest BCUT2D eigenvalue weighted by molar-refractivity contribution is 5.99. The molecule has 1 heterocycles. The maximum absolute atomic E-state index is 12.6. The molecule has 0 bridgehead atoms. The van der Waals surface area contributed by atoms with Crippen LogP contribution in [0, 0.1) is 0 Å². The van der Waals surface area contributed by atoms with Gasteiger partial charge in [-0.2, -0.15) is 0 Å². The number of nitrogens with zero attached hydrogens (tertiary/aromatic N) is 1. The molecule has 0 aromatic heterocycles. The first-order valence-corrected chi connectivity index (χ1v) is 7.04. The van der Waals surface area contributed by atoms with E-state index < -0.39 is 5.91 Å². The largest absolute Gasteiger partial charge is 0.366 e. The summed E-state index contributed by atoms with van der Waals surface area (Å²) in [6.45, 7) is 1.33. The minimum Gasteiger partial charge on any atom is -0.366 e. The molecule has 1 aromatic rings. The Hall–Kier alpha value is -1.88. The average Bonchev–Trinajstić information content (AvgIpc) is 2.47. The van der Waals surface area contributed by atoms with Crippen LogP contribution in [0.15, 0.2) is 24.3 Å². The van der Waals surface area contributed by atoms with Crippen LogP contribution >= 0.6 is 0 Å². The fourth-order valence-corrected chi connectivity index (χ4v) is 2.73. The van der Waals surface area contributed by atoms with Crippen LogP contribution in [0.2, 0.25) is 0 Å². The third-order valence-corrected chi connectivity index (χ3v) is 3.78. The molecule has 0 aliphatic carbocycles. The number of hydrogen-bond donors (Lipinski definition) is 2. The summed E-state index contributed by atoms with van der Waals surface area (Å²) in [4.78, 5) is 25.7. The van der Waals surface area contributed by atoms with Crippen molar-refractivity contribution in [1.82, 2.24) is 4.90 Å². The van der Waals surface area contributed by atoms with E-state index in [9.17, 15) is 9.59 Å². The van der Waals surface area contributed by atoms with Crippen LogP contribution < -0.4 is 11.5 Å². The van der Waals surface area contributed by atoms with Gasteiger partial charge in [0.15, 0.2) is 0 Å². The number of nitrogens with two attached hydrogens (primary N) is 2. The highest BCUT2D eigenvalue weighted by Crippen LogP contribution is 2.22. The summed E-state index contributed by atoms with van der Waals surface area (Å²) in [5.74, 6) is -0.553. The Balaban J connectivity index is 2.20. The second kappa shape index (κ2) is 6.52. The predicted molar refractivity (Wildman–Crippen MR) is 77.3 cm³/mol. The van der Waals surface area contributed by atoms with E-state index in [2.05, 4.69) is 0 Å². The van der Waals surface area contributed by atoms with E-state index in [-0.39, 0.29) is 11.9 Å². The molecule has 5 heteroatoms. The molecule has 2 amide bonds. The molecule has 2 rings (SSSR count). The van der Waals surface area contributed by atoms with Gasteiger partial charge in [-0.25, -0.2) is 0 Å². The summed E-state index contributed by atoms with van der Waals surface area (Å²) < 4.78 is 0. The van der Waals surface area contributed by atoms with Gasteiger partial charge < -0.3 is 16.4 Å². The Kier molecular flexibility index (Phi) is 4.74. The third-order valence-electron chi connectivity index (χ3n) is 3.78. The molecule has 1 saturated heterocycles. The maximum Gasteiger partial charge on any atom is 0.254 e. The van der Waals surface area contributed by atoms with Crippen molar-refractivity contribution >= 4 is 11.8 Å². The fourth-order valence-electron chi connectivity index (χ4n) is 2.73. The lowest BCUT2D eigenvalue weighted by atomic mass is 9.98. The molecule has 1 aliphatic heterocycles. The van der Waals surface area contributed by atoms with Gasteiger partial charge in [0.1, 0.15) is 0 Å². The number of likely N-dealkylation sites (tertiary alicyclic amines) is 1. The van der Waals surface area contributed by atoms with Crippen LogP contribution in [0.5, 0.6) is 0 Å². The second-order valence-corrected chi connectivity index (χ2v) is 5.17. The molecular weight excluding hydrogens is 254 g/mol. The second-order valence-electron chi connectivity index (χ2n) is 5.17. The molecule has 5 nitrogen and oxygen atoms in total. The van der Waals surface area contributed by atoms with Gasteiger partial charge in [0, 0.05) is 23.7 Å². The SMILES string of the molecule is NCCC1CCCCN1C(=O)c1cccc(C(N)=O)c1. The number of primary amides is 1. The van der Waals surface area contributed by atoms with E-state index in [1.807, 2.05) is 4.90 Å². The van der Waals surface area contributed by atoms with Gasteiger partial charge in [-0.15, -0.1) is 0 Å². The van der Waals surface area contributed by atoms with Crippen LogP contribution in [-0.2, 0) is 0 Å². The third kappa shape index (κ3) is 3.17. The molecule has 20 heavy (non-hydrogen) atoms. The number of carbonyl (C=O) groups excluding carboxylic acids is 2. The highest BCUT2D eigenvalue weighted by Gasteiger charge is 2.27. The first-order valence-electron chi connectivity index (χ1n) is 7.04. The van der Waals surface area contributed by atoms with E-state index in [1.54, 1.807) is 24.3 Å². The lowest BCUT2D eigenvalue weighted by molar-refractivity contribution is 0.0605. The van der Waals surface area contributed by atoms with Crippen molar-refractivity contribution in [3.63, 3.8) is 0 Å². The first kappa shape index (κ1) is 14.5. The molecule has 0 saturated carbocycles. The summed E-state index contributed by atoms with van der Waals surface area (Å²) in [6, 6.07) is 6.81. The van der Waals surface area contributed by atoms with E-state index in [1.165, 1.54) is 0 Å². The van der Waals surface area contributed by atoms with Crippen molar-refractivity contribution in [3.05, 3.63) is 35.4 Å². The molecule has 1 aromatic carbocycles. The van der Waals surface area contributed by atoms with Gasteiger partial charge >= 0.3 is 0 Å². The Labute approximate surface area is 118 Å².